The minimum atomic E-state index is -0.144. The number of pyridine rings is 1. The van der Waals surface area contributed by atoms with Gasteiger partial charge in [-0.15, -0.1) is 0 Å². The summed E-state index contributed by atoms with van der Waals surface area (Å²) in [4.78, 5) is 23.3. The van der Waals surface area contributed by atoms with Crippen LogP contribution in [-0.4, -0.2) is 42.6 Å². The summed E-state index contributed by atoms with van der Waals surface area (Å²) < 4.78 is 11.3. The Morgan fingerprint density at radius 3 is 2.47 bits per heavy atom. The van der Waals surface area contributed by atoms with Crippen LogP contribution in [0.4, 0.5) is 0 Å². The maximum atomic E-state index is 12.2. The first-order valence-corrected chi connectivity index (χ1v) is 10.3. The van der Waals surface area contributed by atoms with Crippen molar-refractivity contribution in [3.05, 3.63) is 63.7 Å². The zero-order chi connectivity index (χ0) is 23.1. The van der Waals surface area contributed by atoms with E-state index >= 15 is 0 Å². The summed E-state index contributed by atoms with van der Waals surface area (Å²) in [7, 11) is 3.25. The highest BCUT2D eigenvalue weighted by atomic mass is 32.1. The number of nitrogens with zero attached hydrogens (tertiary/aromatic N) is 1. The Morgan fingerprint density at radius 1 is 1.30 bits per heavy atom. The Balaban J connectivity index is 0.00000154. The number of hydrogen-bond donors (Lipinski definition) is 1. The molecule has 1 aromatic rings. The first-order valence-electron chi connectivity index (χ1n) is 9.84. The van der Waals surface area contributed by atoms with E-state index in [1.54, 1.807) is 38.0 Å². The highest BCUT2D eigenvalue weighted by Crippen LogP contribution is 2.19. The number of carbonyl (C=O) groups excluding carboxylic acids is 1. The van der Waals surface area contributed by atoms with Crippen LogP contribution in [0.25, 0.3) is 5.57 Å². The molecule has 2 rings (SSSR count). The molecule has 0 spiro atoms. The fourth-order valence-electron chi connectivity index (χ4n) is 2.81. The molecule has 0 saturated carbocycles. The van der Waals surface area contributed by atoms with E-state index in [2.05, 4.69) is 4.74 Å². The molecular formula is C23H34N2O4S. The van der Waals surface area contributed by atoms with Gasteiger partial charge >= 0.3 is 0 Å². The van der Waals surface area contributed by atoms with Gasteiger partial charge in [0.15, 0.2) is 0 Å². The van der Waals surface area contributed by atoms with Crippen LogP contribution in [0.1, 0.15) is 39.7 Å². The van der Waals surface area contributed by atoms with E-state index in [4.69, 9.17) is 22.7 Å². The Kier molecular flexibility index (Phi) is 14.3. The van der Waals surface area contributed by atoms with E-state index in [0.717, 1.165) is 29.4 Å². The summed E-state index contributed by atoms with van der Waals surface area (Å²) in [5, 5.41) is 0. The predicted octanol–water partition coefficient (Wildman–Crippen LogP) is 3.69. The number of hydrogen-bond acceptors (Lipinski definition) is 6. The molecule has 1 aliphatic rings. The summed E-state index contributed by atoms with van der Waals surface area (Å²) in [5.41, 5.74) is 9.02. The van der Waals surface area contributed by atoms with Crippen molar-refractivity contribution in [1.82, 2.24) is 4.57 Å². The topological polar surface area (TPSA) is 83.5 Å². The lowest BCUT2D eigenvalue weighted by molar-refractivity contribution is -0.112. The van der Waals surface area contributed by atoms with E-state index in [-0.39, 0.29) is 18.3 Å². The maximum absolute atomic E-state index is 12.2. The lowest BCUT2D eigenvalue weighted by Gasteiger charge is -2.18. The van der Waals surface area contributed by atoms with Gasteiger partial charge in [0.25, 0.3) is 5.56 Å². The highest BCUT2D eigenvalue weighted by molar-refractivity contribution is 7.81. The fraction of sp³-hybridized carbons (Fsp3) is 0.435. The smallest absolute Gasteiger partial charge is 0.250 e. The monoisotopic (exact) mass is 434 g/mol. The van der Waals surface area contributed by atoms with Crippen LogP contribution in [0.15, 0.2) is 52.6 Å². The van der Waals surface area contributed by atoms with Crippen LogP contribution in [0.3, 0.4) is 0 Å². The van der Waals surface area contributed by atoms with E-state index in [9.17, 15) is 9.59 Å². The molecule has 0 saturated heterocycles. The Labute approximate surface area is 185 Å². The number of carbonyl (C=O) groups is 1. The molecule has 0 aromatic carbocycles. The van der Waals surface area contributed by atoms with Crippen LogP contribution < -0.4 is 11.3 Å². The number of nitrogens with two attached hydrogens (primary N) is 1. The average Bonchev–Trinajstić information content (AvgIpc) is 2.71. The van der Waals surface area contributed by atoms with Crippen LogP contribution >= 0.6 is 12.2 Å². The molecule has 1 aromatic heterocycles. The van der Waals surface area contributed by atoms with E-state index in [0.29, 0.717) is 17.1 Å². The molecule has 6 nitrogen and oxygen atoms in total. The van der Waals surface area contributed by atoms with Gasteiger partial charge in [0, 0.05) is 48.2 Å². The third kappa shape index (κ3) is 9.43. The predicted molar refractivity (Wildman–Crippen MR) is 128 cm³/mol. The lowest BCUT2D eigenvalue weighted by atomic mass is 10.0. The van der Waals surface area contributed by atoms with Gasteiger partial charge in [-0.25, -0.2) is 0 Å². The number of aldehydes is 1. The molecular weight excluding hydrogens is 400 g/mol. The van der Waals surface area contributed by atoms with Crippen molar-refractivity contribution in [2.75, 3.05) is 20.8 Å². The summed E-state index contributed by atoms with van der Waals surface area (Å²) in [5.74, 6) is 0. The molecule has 0 bridgehead atoms. The summed E-state index contributed by atoms with van der Waals surface area (Å²) in [6.45, 7) is 8.09. The fourth-order valence-corrected chi connectivity index (χ4v) is 3.09. The van der Waals surface area contributed by atoms with Gasteiger partial charge in [0.1, 0.15) is 12.9 Å². The molecule has 2 N–H and O–H groups in total. The maximum Gasteiger partial charge on any atom is 0.250 e. The second-order valence-electron chi connectivity index (χ2n) is 6.32. The molecule has 166 valence electrons. The number of allylic oxidation sites excluding steroid dienone is 4. The number of thiocarbonyl (C=S) groups is 1. The van der Waals surface area contributed by atoms with Crippen molar-refractivity contribution >= 4 is 28.9 Å². The first-order chi connectivity index (χ1) is 14.3. The van der Waals surface area contributed by atoms with Gasteiger partial charge in [-0.2, -0.15) is 0 Å². The van der Waals surface area contributed by atoms with Crippen molar-refractivity contribution < 1.29 is 14.3 Å². The van der Waals surface area contributed by atoms with Crippen LogP contribution in [0, 0.1) is 0 Å². The van der Waals surface area contributed by atoms with E-state index in [1.165, 1.54) is 6.07 Å². The third-order valence-electron chi connectivity index (χ3n) is 3.85. The molecule has 0 amide bonds. The lowest BCUT2D eigenvalue weighted by Crippen LogP contribution is -2.22. The quantitative estimate of drug-likeness (QED) is 0.400. The van der Waals surface area contributed by atoms with Gasteiger partial charge in [-0.1, -0.05) is 44.3 Å². The summed E-state index contributed by atoms with van der Waals surface area (Å²) in [6.07, 6.45) is 8.97. The van der Waals surface area contributed by atoms with Crippen molar-refractivity contribution in [3.8, 4) is 0 Å². The largest absolute Gasteiger partial charge is 0.402 e. The van der Waals surface area contributed by atoms with Gasteiger partial charge in [-0.3, -0.25) is 4.79 Å². The Morgan fingerprint density at radius 2 is 1.93 bits per heavy atom. The molecule has 0 fully saturated rings. The van der Waals surface area contributed by atoms with Crippen LogP contribution in [0.2, 0.25) is 0 Å². The number of rotatable bonds is 7. The number of aromatic nitrogens is 1. The van der Waals surface area contributed by atoms with Gasteiger partial charge in [0.2, 0.25) is 0 Å². The SMILES string of the molecule is CC.CC(=S)/C(=C(/C)N)c1ccc(=O)n(CC2=CC(OCC=O)CC=C2)c1.COC. The molecule has 1 aliphatic carbocycles. The molecule has 0 aliphatic heterocycles. The Bertz CT molecular complexity index is 834. The first kappa shape index (κ1) is 27.6. The second kappa shape index (κ2) is 15.5. The third-order valence-corrected chi connectivity index (χ3v) is 4.05. The van der Waals surface area contributed by atoms with Crippen LogP contribution in [-0.2, 0) is 20.8 Å². The zero-order valence-corrected chi connectivity index (χ0v) is 19.6. The second-order valence-corrected chi connectivity index (χ2v) is 6.94. The summed E-state index contributed by atoms with van der Waals surface area (Å²) in [6, 6.07) is 3.26. The van der Waals surface area contributed by atoms with Crippen molar-refractivity contribution in [1.29, 1.82) is 0 Å². The van der Waals surface area contributed by atoms with Crippen molar-refractivity contribution in [3.63, 3.8) is 0 Å². The molecule has 1 atom stereocenters. The highest BCUT2D eigenvalue weighted by Gasteiger charge is 2.12. The Hall–Kier alpha value is -2.35. The molecule has 30 heavy (non-hydrogen) atoms. The van der Waals surface area contributed by atoms with Crippen molar-refractivity contribution in [2.24, 2.45) is 5.73 Å². The van der Waals surface area contributed by atoms with Crippen molar-refractivity contribution in [2.45, 2.75) is 46.8 Å². The van der Waals surface area contributed by atoms with Gasteiger partial charge in [-0.05, 0) is 31.9 Å². The van der Waals surface area contributed by atoms with E-state index < -0.39 is 0 Å². The minimum Gasteiger partial charge on any atom is -0.402 e. The van der Waals surface area contributed by atoms with E-state index in [1.807, 2.05) is 39.0 Å². The standard InChI is InChI=1S/C19H22N2O3S.C2H6O.C2H6/c1-13(20)19(14(2)25)16-6-7-18(23)21(12-16)11-15-4-3-5-17(10-15)24-9-8-22;1-3-2;1-2/h3-4,6-8,10,12,17H,5,9,11,20H2,1-2H3;1-2H3;1-2H3/b19-13+;;. The molecule has 1 unspecified atom stereocenters. The summed E-state index contributed by atoms with van der Waals surface area (Å²) >= 11 is 5.28. The number of ether oxygens (including phenoxy) is 2. The molecule has 1 heterocycles. The van der Waals surface area contributed by atoms with Gasteiger partial charge < -0.3 is 24.6 Å². The van der Waals surface area contributed by atoms with Gasteiger partial charge in [0.05, 0.1) is 12.6 Å². The molecule has 0 radical (unpaired) electrons. The zero-order valence-electron chi connectivity index (χ0n) is 18.8. The molecule has 7 heteroatoms. The number of methoxy groups -OCH3 is 1. The minimum absolute atomic E-state index is 0.0651. The average molecular weight is 435 g/mol. The normalized spacial score (nSPS) is 15.5. The van der Waals surface area contributed by atoms with Crippen LogP contribution in [0.5, 0.6) is 0 Å².